The number of carbonyl (C=O) groups is 2. The molecule has 3 heterocycles. The Morgan fingerprint density at radius 2 is 2.04 bits per heavy atom. The number of amides is 2. The molecule has 0 spiro atoms. The number of ether oxygens (including phenoxy) is 1. The maximum absolute atomic E-state index is 13.1. The van der Waals surface area contributed by atoms with Crippen LogP contribution in [0.25, 0.3) is 0 Å². The average Bonchev–Trinajstić information content (AvgIpc) is 3.35. The second kappa shape index (κ2) is 7.44. The lowest BCUT2D eigenvalue weighted by Crippen LogP contribution is -2.37. The number of aryl methyl sites for hydroxylation is 2. The molecule has 2 aromatic rings. The Hall–Kier alpha value is -2.18. The number of fused-ring (bicyclic) bond motifs is 1. The number of rotatable bonds is 4. The van der Waals surface area contributed by atoms with Gasteiger partial charge in [0.1, 0.15) is 0 Å². The molecule has 2 fully saturated rings. The van der Waals surface area contributed by atoms with E-state index in [0.717, 1.165) is 22.4 Å². The average molecular weight is 385 g/mol. The maximum Gasteiger partial charge on any atom is 0.254 e. The number of benzene rings is 1. The minimum absolute atomic E-state index is 0.00384. The van der Waals surface area contributed by atoms with E-state index in [9.17, 15) is 9.59 Å². The summed E-state index contributed by atoms with van der Waals surface area (Å²) < 4.78 is 5.86. The summed E-state index contributed by atoms with van der Waals surface area (Å²) in [5.41, 5.74) is 2.84. The number of likely N-dealkylation sites (tertiary alicyclic amines) is 1. The fraction of sp³-hybridized carbons (Fsp3) is 0.429. The number of carbonyl (C=O) groups excluding carboxylic acids is 2. The van der Waals surface area contributed by atoms with Crippen LogP contribution in [0.5, 0.6) is 0 Å². The normalized spacial score (nSPS) is 24.1. The molecule has 5 nitrogen and oxygen atoms in total. The van der Waals surface area contributed by atoms with Crippen molar-refractivity contribution in [1.82, 2.24) is 10.2 Å². The van der Waals surface area contributed by atoms with Crippen molar-refractivity contribution >= 4 is 23.2 Å². The lowest BCUT2D eigenvalue weighted by atomic mass is 10.0. The Balaban J connectivity index is 1.49. The van der Waals surface area contributed by atoms with Gasteiger partial charge in [0, 0.05) is 23.6 Å². The van der Waals surface area contributed by atoms with Crippen LogP contribution in [0.15, 0.2) is 35.7 Å². The van der Waals surface area contributed by atoms with Gasteiger partial charge in [0.2, 0.25) is 5.91 Å². The second-order valence-electron chi connectivity index (χ2n) is 7.43. The molecular formula is C21H24N2O3S. The van der Waals surface area contributed by atoms with Gasteiger partial charge in [-0.05, 0) is 43.8 Å². The van der Waals surface area contributed by atoms with Crippen LogP contribution in [0.3, 0.4) is 0 Å². The third-order valence-electron chi connectivity index (χ3n) is 5.38. The summed E-state index contributed by atoms with van der Waals surface area (Å²) in [6, 6.07) is 9.86. The minimum atomic E-state index is -0.313. The van der Waals surface area contributed by atoms with E-state index in [1.807, 2.05) is 48.4 Å². The summed E-state index contributed by atoms with van der Waals surface area (Å²) in [5, 5.41) is 5.01. The molecule has 0 unspecified atom stereocenters. The minimum Gasteiger partial charge on any atom is -0.375 e. The van der Waals surface area contributed by atoms with Crippen molar-refractivity contribution in [2.45, 2.75) is 39.0 Å². The van der Waals surface area contributed by atoms with Crippen LogP contribution in [0.1, 0.15) is 32.8 Å². The molecule has 142 valence electrons. The van der Waals surface area contributed by atoms with Gasteiger partial charge in [-0.2, -0.15) is 0 Å². The van der Waals surface area contributed by atoms with Gasteiger partial charge < -0.3 is 15.0 Å². The molecule has 27 heavy (non-hydrogen) atoms. The summed E-state index contributed by atoms with van der Waals surface area (Å²) in [6.45, 7) is 5.53. The van der Waals surface area contributed by atoms with Crippen molar-refractivity contribution in [3.8, 4) is 0 Å². The fourth-order valence-electron chi connectivity index (χ4n) is 4.22. The summed E-state index contributed by atoms with van der Waals surface area (Å²) >= 11 is 1.62. The molecule has 0 bridgehead atoms. The highest BCUT2D eigenvalue weighted by Crippen LogP contribution is 2.35. The van der Waals surface area contributed by atoms with Gasteiger partial charge in [0.15, 0.2) is 0 Å². The molecular weight excluding hydrogens is 360 g/mol. The van der Waals surface area contributed by atoms with Crippen molar-refractivity contribution in [1.29, 1.82) is 0 Å². The highest BCUT2D eigenvalue weighted by molar-refractivity contribution is 7.09. The van der Waals surface area contributed by atoms with Crippen molar-refractivity contribution in [2.24, 2.45) is 5.92 Å². The third-order valence-corrected chi connectivity index (χ3v) is 6.25. The van der Waals surface area contributed by atoms with E-state index in [-0.39, 0.29) is 29.9 Å². The van der Waals surface area contributed by atoms with E-state index in [1.54, 1.807) is 11.3 Å². The first-order valence-electron chi connectivity index (χ1n) is 9.34. The molecule has 1 N–H and O–H groups in total. The van der Waals surface area contributed by atoms with Crippen LogP contribution in [0.4, 0.5) is 0 Å². The smallest absolute Gasteiger partial charge is 0.254 e. The Kier molecular flexibility index (Phi) is 5.02. The number of hydrogen-bond donors (Lipinski definition) is 1. The van der Waals surface area contributed by atoms with Crippen LogP contribution < -0.4 is 5.32 Å². The van der Waals surface area contributed by atoms with Crippen molar-refractivity contribution in [2.75, 3.05) is 13.2 Å². The number of thiophene rings is 1. The van der Waals surface area contributed by atoms with Gasteiger partial charge in [0.25, 0.3) is 5.91 Å². The SMILES string of the molecule is Cc1cc(C)cc(C(=O)N2C[C@H](C(=O)NCc3cccs3)[C@H]3OCC[C@@H]32)c1. The molecule has 0 aliphatic carbocycles. The molecule has 4 rings (SSSR count). The first kappa shape index (κ1) is 18.2. The van der Waals surface area contributed by atoms with E-state index < -0.39 is 0 Å². The van der Waals surface area contributed by atoms with Crippen molar-refractivity contribution in [3.63, 3.8) is 0 Å². The predicted molar refractivity (Wildman–Crippen MR) is 105 cm³/mol. The zero-order chi connectivity index (χ0) is 19.0. The standard InChI is InChI=1S/C21H24N2O3S/c1-13-8-14(2)10-15(9-13)21(25)23-12-17(19-18(23)5-6-26-19)20(24)22-11-16-4-3-7-27-16/h3-4,7-10,17-19H,5-6,11-12H2,1-2H3,(H,22,24)/t17-,18-,19+/m0/s1. The zero-order valence-corrected chi connectivity index (χ0v) is 16.4. The quantitative estimate of drug-likeness (QED) is 0.882. The van der Waals surface area contributed by atoms with Gasteiger partial charge in [0.05, 0.1) is 24.6 Å². The second-order valence-corrected chi connectivity index (χ2v) is 8.46. The molecule has 3 atom stereocenters. The van der Waals surface area contributed by atoms with E-state index in [4.69, 9.17) is 4.74 Å². The number of hydrogen-bond acceptors (Lipinski definition) is 4. The van der Waals surface area contributed by atoms with Crippen LogP contribution >= 0.6 is 11.3 Å². The Morgan fingerprint density at radius 1 is 1.26 bits per heavy atom. The van der Waals surface area contributed by atoms with Crippen LogP contribution in [0, 0.1) is 19.8 Å². The van der Waals surface area contributed by atoms with E-state index in [1.165, 1.54) is 0 Å². The maximum atomic E-state index is 13.1. The van der Waals surface area contributed by atoms with Gasteiger partial charge in [-0.1, -0.05) is 23.3 Å². The first-order valence-corrected chi connectivity index (χ1v) is 10.2. The highest BCUT2D eigenvalue weighted by atomic mass is 32.1. The van der Waals surface area contributed by atoms with E-state index in [2.05, 4.69) is 11.4 Å². The van der Waals surface area contributed by atoms with Crippen LogP contribution in [-0.4, -0.2) is 42.0 Å². The Labute approximate surface area is 163 Å². The fourth-order valence-corrected chi connectivity index (χ4v) is 4.86. The van der Waals surface area contributed by atoms with Crippen LogP contribution in [0.2, 0.25) is 0 Å². The predicted octanol–water partition coefficient (Wildman–Crippen LogP) is 2.91. The monoisotopic (exact) mass is 384 g/mol. The van der Waals surface area contributed by atoms with Gasteiger partial charge in [-0.3, -0.25) is 9.59 Å². The molecule has 2 amide bonds. The van der Waals surface area contributed by atoms with Gasteiger partial charge in [-0.15, -0.1) is 11.3 Å². The molecule has 0 radical (unpaired) electrons. The largest absolute Gasteiger partial charge is 0.375 e. The molecule has 2 aliphatic rings. The lowest BCUT2D eigenvalue weighted by molar-refractivity contribution is -0.127. The highest BCUT2D eigenvalue weighted by Gasteiger charge is 2.50. The van der Waals surface area contributed by atoms with Crippen molar-refractivity contribution in [3.05, 3.63) is 57.3 Å². The molecule has 2 saturated heterocycles. The number of nitrogens with zero attached hydrogens (tertiary/aromatic N) is 1. The topological polar surface area (TPSA) is 58.6 Å². The van der Waals surface area contributed by atoms with E-state index in [0.29, 0.717) is 25.3 Å². The zero-order valence-electron chi connectivity index (χ0n) is 15.6. The van der Waals surface area contributed by atoms with E-state index >= 15 is 0 Å². The summed E-state index contributed by atoms with van der Waals surface area (Å²) in [6.07, 6.45) is 0.582. The molecule has 1 aromatic carbocycles. The van der Waals surface area contributed by atoms with Crippen LogP contribution in [-0.2, 0) is 16.1 Å². The van der Waals surface area contributed by atoms with Gasteiger partial charge in [-0.25, -0.2) is 0 Å². The summed E-state index contributed by atoms with van der Waals surface area (Å²) in [5.74, 6) is -0.348. The molecule has 6 heteroatoms. The molecule has 2 aliphatic heterocycles. The Morgan fingerprint density at radius 3 is 2.74 bits per heavy atom. The third kappa shape index (κ3) is 3.64. The summed E-state index contributed by atoms with van der Waals surface area (Å²) in [4.78, 5) is 28.9. The van der Waals surface area contributed by atoms with Gasteiger partial charge >= 0.3 is 0 Å². The lowest BCUT2D eigenvalue weighted by Gasteiger charge is -2.23. The first-order chi connectivity index (χ1) is 13.0. The molecule has 1 aromatic heterocycles. The number of nitrogens with one attached hydrogen (secondary N) is 1. The molecule has 0 saturated carbocycles. The summed E-state index contributed by atoms with van der Waals surface area (Å²) in [7, 11) is 0. The van der Waals surface area contributed by atoms with Crippen molar-refractivity contribution < 1.29 is 14.3 Å². The Bertz CT molecular complexity index is 829.